The highest BCUT2D eigenvalue weighted by atomic mass is 16.6. The zero-order valence-electron chi connectivity index (χ0n) is 7.26. The molecule has 84 valence electrons. The molecule has 1 saturated heterocycles. The molecule has 1 heterocycles. The molecule has 0 aromatic carbocycles. The minimum Gasteiger partial charge on any atom is -0.394 e. The maximum Gasteiger partial charge on any atom is 0.184 e. The van der Waals surface area contributed by atoms with Crippen LogP contribution in [0.1, 0.15) is 0 Å². The van der Waals surface area contributed by atoms with Crippen molar-refractivity contribution in [1.29, 1.82) is 0 Å². The van der Waals surface area contributed by atoms with E-state index in [1.807, 2.05) is 0 Å². The zero-order valence-corrected chi connectivity index (χ0v) is 7.26. The lowest BCUT2D eigenvalue weighted by Crippen LogP contribution is -2.61. The summed E-state index contributed by atoms with van der Waals surface area (Å²) in [5.41, 5.74) is 0. The van der Waals surface area contributed by atoms with Crippen LogP contribution in [0.25, 0.3) is 0 Å². The number of hydrogen-bond donors (Lipinski definition) is 6. The first kappa shape index (κ1) is 11.8. The normalized spacial score (nSPS) is 46.3. The van der Waals surface area contributed by atoms with Crippen molar-refractivity contribution < 1.29 is 35.4 Å². The van der Waals surface area contributed by atoms with Crippen molar-refractivity contribution in [3.8, 4) is 0 Å². The third-order valence-electron chi connectivity index (χ3n) is 2.19. The number of aliphatic hydroxyl groups is 6. The summed E-state index contributed by atoms with van der Waals surface area (Å²) in [4.78, 5) is 0. The molecule has 14 heavy (non-hydrogen) atoms. The van der Waals surface area contributed by atoms with Gasteiger partial charge in [0.05, 0.1) is 6.61 Å². The SMILES string of the molecule is OC[C@@H](O)[C@@H]1O[C@@H](O)[C@@H](O)[C@@H](O)[C@H]1O. The van der Waals surface area contributed by atoms with E-state index in [-0.39, 0.29) is 0 Å². The van der Waals surface area contributed by atoms with Crippen LogP contribution in [-0.4, -0.2) is 74.1 Å². The van der Waals surface area contributed by atoms with Gasteiger partial charge in [-0.2, -0.15) is 0 Å². The minimum atomic E-state index is -1.69. The first-order valence-corrected chi connectivity index (χ1v) is 4.15. The predicted octanol–water partition coefficient (Wildman–Crippen LogP) is -3.86. The zero-order chi connectivity index (χ0) is 10.9. The fourth-order valence-electron chi connectivity index (χ4n) is 1.31. The molecule has 7 nitrogen and oxygen atoms in total. The van der Waals surface area contributed by atoms with E-state index in [2.05, 4.69) is 4.74 Å². The van der Waals surface area contributed by atoms with Gasteiger partial charge in [-0.25, -0.2) is 0 Å². The van der Waals surface area contributed by atoms with Gasteiger partial charge in [-0.05, 0) is 0 Å². The Bertz CT molecular complexity index is 187. The molecule has 1 rings (SSSR count). The Balaban J connectivity index is 2.70. The number of rotatable bonds is 2. The molecule has 1 fully saturated rings. The lowest BCUT2D eigenvalue weighted by Gasteiger charge is -2.39. The van der Waals surface area contributed by atoms with Crippen LogP contribution in [0.2, 0.25) is 0 Å². The van der Waals surface area contributed by atoms with Crippen molar-refractivity contribution in [2.45, 2.75) is 36.8 Å². The second kappa shape index (κ2) is 4.49. The Morgan fingerprint density at radius 3 is 2.07 bits per heavy atom. The molecule has 0 bridgehead atoms. The van der Waals surface area contributed by atoms with Gasteiger partial charge in [0.15, 0.2) is 6.29 Å². The van der Waals surface area contributed by atoms with Crippen molar-refractivity contribution >= 4 is 0 Å². The van der Waals surface area contributed by atoms with Crippen LogP contribution < -0.4 is 0 Å². The molecule has 0 aromatic rings. The van der Waals surface area contributed by atoms with E-state index >= 15 is 0 Å². The first-order valence-electron chi connectivity index (χ1n) is 4.15. The Hall–Kier alpha value is -0.280. The second-order valence-corrected chi connectivity index (χ2v) is 3.21. The van der Waals surface area contributed by atoms with Gasteiger partial charge in [0.25, 0.3) is 0 Å². The van der Waals surface area contributed by atoms with Crippen LogP contribution in [0, 0.1) is 0 Å². The van der Waals surface area contributed by atoms with Crippen LogP contribution in [-0.2, 0) is 4.74 Å². The van der Waals surface area contributed by atoms with E-state index in [1.165, 1.54) is 0 Å². The molecule has 1 aliphatic heterocycles. The largest absolute Gasteiger partial charge is 0.394 e. The third kappa shape index (κ3) is 2.04. The quantitative estimate of drug-likeness (QED) is 0.275. The Morgan fingerprint density at radius 2 is 1.57 bits per heavy atom. The maximum atomic E-state index is 9.31. The number of aliphatic hydroxyl groups excluding tert-OH is 6. The number of ether oxygens (including phenoxy) is 1. The fraction of sp³-hybridized carbons (Fsp3) is 1.00. The molecule has 0 aromatic heterocycles. The van der Waals surface area contributed by atoms with Gasteiger partial charge in [-0.3, -0.25) is 0 Å². The van der Waals surface area contributed by atoms with Crippen LogP contribution in [0.4, 0.5) is 0 Å². The van der Waals surface area contributed by atoms with E-state index in [9.17, 15) is 10.2 Å². The van der Waals surface area contributed by atoms with Gasteiger partial charge in [0.2, 0.25) is 0 Å². The van der Waals surface area contributed by atoms with Gasteiger partial charge in [0.1, 0.15) is 30.5 Å². The molecule has 0 radical (unpaired) electrons. The van der Waals surface area contributed by atoms with Crippen LogP contribution in [0.5, 0.6) is 0 Å². The van der Waals surface area contributed by atoms with Gasteiger partial charge in [0, 0.05) is 0 Å². The average Bonchev–Trinajstić information content (AvgIpc) is 2.19. The molecule has 7 heteroatoms. The molecule has 0 unspecified atom stereocenters. The first-order chi connectivity index (χ1) is 6.49. The highest BCUT2D eigenvalue weighted by Gasteiger charge is 2.45. The van der Waals surface area contributed by atoms with Crippen LogP contribution in [0.15, 0.2) is 0 Å². The van der Waals surface area contributed by atoms with E-state index in [1.54, 1.807) is 0 Å². The summed E-state index contributed by atoms with van der Waals surface area (Å²) in [6.45, 7) is -0.683. The Morgan fingerprint density at radius 1 is 1.00 bits per heavy atom. The van der Waals surface area contributed by atoms with Crippen molar-refractivity contribution in [2.75, 3.05) is 6.61 Å². The van der Waals surface area contributed by atoms with Crippen molar-refractivity contribution in [1.82, 2.24) is 0 Å². The summed E-state index contributed by atoms with van der Waals surface area (Å²) in [6, 6.07) is 0. The lowest BCUT2D eigenvalue weighted by molar-refractivity contribution is -0.298. The van der Waals surface area contributed by atoms with Crippen LogP contribution in [0.3, 0.4) is 0 Å². The number of hydrogen-bond acceptors (Lipinski definition) is 7. The summed E-state index contributed by atoms with van der Waals surface area (Å²) in [5.74, 6) is 0. The molecule has 1 aliphatic rings. The molecular formula is C7H14O7. The minimum absolute atomic E-state index is 0.683. The second-order valence-electron chi connectivity index (χ2n) is 3.21. The summed E-state index contributed by atoms with van der Waals surface area (Å²) < 4.78 is 4.62. The van der Waals surface area contributed by atoms with E-state index in [0.717, 1.165) is 0 Å². The van der Waals surface area contributed by atoms with E-state index in [0.29, 0.717) is 0 Å². The summed E-state index contributed by atoms with van der Waals surface area (Å²) in [5, 5.41) is 54.3. The van der Waals surface area contributed by atoms with Gasteiger partial charge in [-0.15, -0.1) is 0 Å². The van der Waals surface area contributed by atoms with Crippen molar-refractivity contribution in [2.24, 2.45) is 0 Å². The predicted molar refractivity (Wildman–Crippen MR) is 42.0 cm³/mol. The van der Waals surface area contributed by atoms with Crippen molar-refractivity contribution in [3.05, 3.63) is 0 Å². The summed E-state index contributed by atoms with van der Waals surface area (Å²) >= 11 is 0. The molecule has 0 spiro atoms. The van der Waals surface area contributed by atoms with E-state index < -0.39 is 43.4 Å². The van der Waals surface area contributed by atoms with E-state index in [4.69, 9.17) is 20.4 Å². The molecule has 6 N–H and O–H groups in total. The van der Waals surface area contributed by atoms with Gasteiger partial charge >= 0.3 is 0 Å². The topological polar surface area (TPSA) is 131 Å². The standard InChI is InChI=1S/C7H14O7/c8-1-2(9)6-4(11)3(10)5(12)7(13)14-6/h2-13H,1H2/t2-,3+,4-,5+,6+,7-/m1/s1. The van der Waals surface area contributed by atoms with Gasteiger partial charge in [-0.1, -0.05) is 0 Å². The summed E-state index contributed by atoms with van der Waals surface area (Å²) in [6.07, 6.45) is -9.26. The molecule has 6 atom stereocenters. The average molecular weight is 210 g/mol. The Labute approximate surface area is 79.8 Å². The highest BCUT2D eigenvalue weighted by molar-refractivity contribution is 4.91. The molecular weight excluding hydrogens is 196 g/mol. The smallest absolute Gasteiger partial charge is 0.184 e. The maximum absolute atomic E-state index is 9.31. The molecule has 0 aliphatic carbocycles. The third-order valence-corrected chi connectivity index (χ3v) is 2.19. The fourth-order valence-corrected chi connectivity index (χ4v) is 1.31. The van der Waals surface area contributed by atoms with Gasteiger partial charge < -0.3 is 35.4 Å². The van der Waals surface area contributed by atoms with Crippen LogP contribution >= 0.6 is 0 Å². The highest BCUT2D eigenvalue weighted by Crippen LogP contribution is 2.21. The lowest BCUT2D eigenvalue weighted by atomic mass is 9.96. The Kier molecular flexibility index (Phi) is 3.78. The monoisotopic (exact) mass is 210 g/mol. The summed E-state index contributed by atoms with van der Waals surface area (Å²) in [7, 11) is 0. The molecule has 0 saturated carbocycles. The molecule has 0 amide bonds. The van der Waals surface area contributed by atoms with Crippen molar-refractivity contribution in [3.63, 3.8) is 0 Å².